The predicted octanol–water partition coefficient (Wildman–Crippen LogP) is 4.44. The Morgan fingerprint density at radius 2 is 1.80 bits per heavy atom. The summed E-state index contributed by atoms with van der Waals surface area (Å²) >= 11 is 17.8. The molecule has 0 fully saturated rings. The first kappa shape index (κ1) is 19.3. The lowest BCUT2D eigenvalue weighted by molar-refractivity contribution is -0.384. The van der Waals surface area contributed by atoms with Crippen molar-refractivity contribution in [1.82, 2.24) is 5.32 Å². The Hall–Kier alpha value is -2.02. The van der Waals surface area contributed by atoms with Crippen molar-refractivity contribution in [3.63, 3.8) is 0 Å². The fraction of sp³-hybridized carbons (Fsp3) is 0.188. The number of carbonyl (C=O) groups is 1. The van der Waals surface area contributed by atoms with E-state index in [2.05, 4.69) is 10.6 Å². The van der Waals surface area contributed by atoms with Crippen LogP contribution in [0.25, 0.3) is 0 Å². The van der Waals surface area contributed by atoms with Crippen molar-refractivity contribution in [2.24, 2.45) is 0 Å². The zero-order valence-electron chi connectivity index (χ0n) is 13.0. The highest BCUT2D eigenvalue weighted by Crippen LogP contribution is 2.31. The molecule has 2 rings (SSSR count). The van der Waals surface area contributed by atoms with Gasteiger partial charge in [0.05, 0.1) is 4.92 Å². The number of nitrogens with zero attached hydrogens (tertiary/aromatic N) is 1. The van der Waals surface area contributed by atoms with Gasteiger partial charge in [-0.15, -0.1) is 0 Å². The summed E-state index contributed by atoms with van der Waals surface area (Å²) in [6.07, 6.45) is -1.05. The molecule has 25 heavy (non-hydrogen) atoms. The number of halogens is 3. The fourth-order valence-electron chi connectivity index (χ4n) is 1.99. The second kappa shape index (κ2) is 7.91. The van der Waals surface area contributed by atoms with Gasteiger partial charge in [0.15, 0.2) is 0 Å². The van der Waals surface area contributed by atoms with Gasteiger partial charge in [-0.2, -0.15) is 0 Å². The monoisotopic (exact) mass is 401 g/mol. The highest BCUT2D eigenvalue weighted by Gasteiger charge is 2.34. The average molecular weight is 403 g/mol. The van der Waals surface area contributed by atoms with Crippen molar-refractivity contribution in [3.05, 3.63) is 69.8 Å². The van der Waals surface area contributed by atoms with Crippen molar-refractivity contribution in [2.45, 2.75) is 16.9 Å². The van der Waals surface area contributed by atoms with E-state index in [0.29, 0.717) is 5.69 Å². The van der Waals surface area contributed by atoms with Gasteiger partial charge in [0.25, 0.3) is 11.6 Å². The van der Waals surface area contributed by atoms with Gasteiger partial charge in [-0.3, -0.25) is 14.9 Å². The van der Waals surface area contributed by atoms with Crippen LogP contribution in [-0.4, -0.2) is 20.8 Å². The maximum atomic E-state index is 12.4. The first-order valence-corrected chi connectivity index (χ1v) is 8.25. The number of alkyl halides is 3. The topological polar surface area (TPSA) is 84.3 Å². The van der Waals surface area contributed by atoms with E-state index in [-0.39, 0.29) is 11.3 Å². The number of nitrogens with one attached hydrogen (secondary N) is 2. The minimum Gasteiger partial charge on any atom is -0.362 e. The van der Waals surface area contributed by atoms with E-state index in [4.69, 9.17) is 34.8 Å². The van der Waals surface area contributed by atoms with Crippen LogP contribution in [0, 0.1) is 17.0 Å². The molecule has 2 aromatic carbocycles. The number of benzene rings is 2. The molecule has 132 valence electrons. The molecule has 1 unspecified atom stereocenters. The van der Waals surface area contributed by atoms with Crippen LogP contribution in [0.15, 0.2) is 48.5 Å². The molecule has 0 radical (unpaired) electrons. The lowest BCUT2D eigenvalue weighted by Crippen LogP contribution is -2.49. The maximum Gasteiger partial charge on any atom is 0.270 e. The van der Waals surface area contributed by atoms with Crippen LogP contribution in [-0.2, 0) is 0 Å². The quantitative estimate of drug-likeness (QED) is 0.335. The van der Waals surface area contributed by atoms with Crippen LogP contribution >= 0.6 is 34.8 Å². The zero-order valence-corrected chi connectivity index (χ0v) is 15.3. The third kappa shape index (κ3) is 5.49. The average Bonchev–Trinajstić information content (AvgIpc) is 2.55. The lowest BCUT2D eigenvalue weighted by Gasteiger charge is -2.27. The first-order chi connectivity index (χ1) is 11.7. The lowest BCUT2D eigenvalue weighted by atomic mass is 10.2. The van der Waals surface area contributed by atoms with E-state index in [1.165, 1.54) is 18.2 Å². The molecule has 6 nitrogen and oxygen atoms in total. The number of nitro groups is 1. The maximum absolute atomic E-state index is 12.4. The third-order valence-electron chi connectivity index (χ3n) is 3.28. The Morgan fingerprint density at radius 1 is 1.16 bits per heavy atom. The molecule has 0 spiro atoms. The highest BCUT2D eigenvalue weighted by molar-refractivity contribution is 6.68. The summed E-state index contributed by atoms with van der Waals surface area (Å²) in [4.78, 5) is 22.6. The van der Waals surface area contributed by atoms with Gasteiger partial charge < -0.3 is 10.6 Å². The number of carbonyl (C=O) groups excluding carboxylic acids is 1. The number of nitro benzene ring substituents is 1. The van der Waals surface area contributed by atoms with Crippen LogP contribution in [0.3, 0.4) is 0 Å². The van der Waals surface area contributed by atoms with E-state index in [9.17, 15) is 14.9 Å². The molecule has 0 aliphatic carbocycles. The molecule has 0 saturated heterocycles. The van der Waals surface area contributed by atoms with Gasteiger partial charge in [-0.05, 0) is 25.1 Å². The molecule has 0 heterocycles. The number of hydrogen-bond acceptors (Lipinski definition) is 4. The molecule has 2 aromatic rings. The molecule has 0 saturated carbocycles. The highest BCUT2D eigenvalue weighted by atomic mass is 35.6. The molecule has 0 aromatic heterocycles. The van der Waals surface area contributed by atoms with Crippen molar-refractivity contribution in [1.29, 1.82) is 0 Å². The predicted molar refractivity (Wildman–Crippen MR) is 99.4 cm³/mol. The normalized spacial score (nSPS) is 12.3. The van der Waals surface area contributed by atoms with Gasteiger partial charge in [-0.25, -0.2) is 0 Å². The molecule has 9 heteroatoms. The fourth-order valence-corrected chi connectivity index (χ4v) is 2.32. The zero-order chi connectivity index (χ0) is 18.6. The molecular weight excluding hydrogens is 389 g/mol. The van der Waals surface area contributed by atoms with Crippen molar-refractivity contribution >= 4 is 52.1 Å². The minimum absolute atomic E-state index is 0.0826. The van der Waals surface area contributed by atoms with Crippen LogP contribution in [0.1, 0.15) is 15.9 Å². The number of rotatable bonds is 5. The van der Waals surface area contributed by atoms with Gasteiger partial charge in [-0.1, -0.05) is 58.6 Å². The number of amides is 1. The van der Waals surface area contributed by atoms with Crippen LogP contribution in [0.5, 0.6) is 0 Å². The molecular formula is C16H14Cl3N3O3. The smallest absolute Gasteiger partial charge is 0.270 e. The van der Waals surface area contributed by atoms with Crippen molar-refractivity contribution in [2.75, 3.05) is 5.32 Å². The summed E-state index contributed by atoms with van der Waals surface area (Å²) in [7, 11) is 0. The van der Waals surface area contributed by atoms with E-state index >= 15 is 0 Å². The first-order valence-electron chi connectivity index (χ1n) is 7.12. The second-order valence-corrected chi connectivity index (χ2v) is 7.63. The summed E-state index contributed by atoms with van der Waals surface area (Å²) in [6, 6.07) is 12.6. The molecule has 0 aliphatic rings. The second-order valence-electron chi connectivity index (χ2n) is 5.27. The summed E-state index contributed by atoms with van der Waals surface area (Å²) in [5.74, 6) is -0.611. The standard InChI is InChI=1S/C16H14Cl3N3O3/c1-10-5-7-12(8-6-10)20-15(16(17,18)19)21-14(23)11-3-2-4-13(9-11)22(24)25/h2-9,15,20H,1H3,(H,21,23). The van der Waals surface area contributed by atoms with Crippen LogP contribution in [0.2, 0.25) is 0 Å². The summed E-state index contributed by atoms with van der Waals surface area (Å²) in [5.41, 5.74) is 1.57. The van der Waals surface area contributed by atoms with Gasteiger partial charge in [0, 0.05) is 23.4 Å². The molecule has 0 bridgehead atoms. The van der Waals surface area contributed by atoms with Crippen LogP contribution in [0.4, 0.5) is 11.4 Å². The number of hydrogen-bond donors (Lipinski definition) is 2. The molecule has 0 aliphatic heterocycles. The SMILES string of the molecule is Cc1ccc(NC(NC(=O)c2cccc([N+](=O)[O-])c2)C(Cl)(Cl)Cl)cc1. The van der Waals surface area contributed by atoms with Crippen molar-refractivity contribution < 1.29 is 9.72 Å². The largest absolute Gasteiger partial charge is 0.362 e. The van der Waals surface area contributed by atoms with E-state index in [1.807, 2.05) is 19.1 Å². The number of non-ortho nitro benzene ring substituents is 1. The number of aryl methyl sites for hydroxylation is 1. The van der Waals surface area contributed by atoms with E-state index in [1.54, 1.807) is 12.1 Å². The summed E-state index contributed by atoms with van der Waals surface area (Å²) in [6.45, 7) is 1.93. The summed E-state index contributed by atoms with van der Waals surface area (Å²) in [5, 5.41) is 16.3. The van der Waals surface area contributed by atoms with Crippen LogP contribution < -0.4 is 10.6 Å². The molecule has 2 N–H and O–H groups in total. The van der Waals surface area contributed by atoms with E-state index in [0.717, 1.165) is 11.6 Å². The molecule has 1 atom stereocenters. The minimum atomic E-state index is -1.85. The van der Waals surface area contributed by atoms with Crippen molar-refractivity contribution in [3.8, 4) is 0 Å². The van der Waals surface area contributed by atoms with Gasteiger partial charge in [0.2, 0.25) is 3.79 Å². The Balaban J connectivity index is 2.19. The van der Waals surface area contributed by atoms with E-state index < -0.39 is 20.8 Å². The Morgan fingerprint density at radius 3 is 2.36 bits per heavy atom. The summed E-state index contributed by atoms with van der Waals surface area (Å²) < 4.78 is -1.85. The third-order valence-corrected chi connectivity index (χ3v) is 3.94. The Bertz CT molecular complexity index is 776. The molecule has 1 amide bonds. The van der Waals surface area contributed by atoms with Gasteiger partial charge in [0.1, 0.15) is 6.17 Å². The Kier molecular flexibility index (Phi) is 6.11. The number of anilines is 1. The Labute approximate surface area is 159 Å². The van der Waals surface area contributed by atoms with Gasteiger partial charge >= 0.3 is 0 Å².